The molecule has 0 spiro atoms. The number of aromatic nitrogens is 1. The second-order valence-corrected chi connectivity index (χ2v) is 10.4. The molecule has 4 rings (SSSR count). The number of rotatable bonds is 12. The van der Waals surface area contributed by atoms with Crippen LogP contribution in [0.1, 0.15) is 74.5 Å². The molecule has 0 amide bonds. The molecule has 2 aliphatic rings. The van der Waals surface area contributed by atoms with E-state index in [1.165, 1.54) is 36.2 Å². The molecule has 1 aromatic carbocycles. The number of fused-ring (bicyclic) bond motifs is 1. The van der Waals surface area contributed by atoms with Crippen LogP contribution in [0.4, 0.5) is 0 Å². The third kappa shape index (κ3) is 8.81. The topological polar surface area (TPSA) is 109 Å². The molecular formula is C30H42N2O6. The first-order valence-corrected chi connectivity index (χ1v) is 13.8. The summed E-state index contributed by atoms with van der Waals surface area (Å²) >= 11 is 0. The number of pyridine rings is 1. The fraction of sp³-hybridized carbons (Fsp3) is 0.567. The van der Waals surface area contributed by atoms with E-state index in [9.17, 15) is 9.90 Å². The summed E-state index contributed by atoms with van der Waals surface area (Å²) in [7, 11) is 0. The number of unbranched alkanes of at least 4 members (excludes halogenated alkanes) is 1. The van der Waals surface area contributed by atoms with E-state index in [1.54, 1.807) is 0 Å². The van der Waals surface area contributed by atoms with E-state index >= 15 is 0 Å². The van der Waals surface area contributed by atoms with Gasteiger partial charge in [0.05, 0.1) is 12.7 Å². The molecular weight excluding hydrogens is 484 g/mol. The SMILES string of the molecule is CC(C)COc1ccccc1C(C(=O)O)N1CC[C@@H](OCCCCc2ccc3c(n2)CCCC3)C1.O=CO. The van der Waals surface area contributed by atoms with E-state index in [1.807, 2.05) is 29.2 Å². The maximum atomic E-state index is 12.3. The van der Waals surface area contributed by atoms with Crippen LogP contribution in [0.3, 0.4) is 0 Å². The summed E-state index contributed by atoms with van der Waals surface area (Å²) in [6, 6.07) is 11.3. The normalized spacial score (nSPS) is 17.8. The predicted molar refractivity (Wildman–Crippen MR) is 146 cm³/mol. The van der Waals surface area contributed by atoms with Gasteiger partial charge >= 0.3 is 5.97 Å². The molecule has 1 saturated heterocycles. The van der Waals surface area contributed by atoms with Crippen LogP contribution in [-0.4, -0.2) is 64.9 Å². The molecule has 8 heteroatoms. The van der Waals surface area contributed by atoms with Crippen molar-refractivity contribution in [2.75, 3.05) is 26.3 Å². The smallest absolute Gasteiger partial charge is 0.325 e. The Bertz CT molecular complexity index is 1030. The third-order valence-corrected chi connectivity index (χ3v) is 6.98. The minimum absolute atomic E-state index is 0.0717. The van der Waals surface area contributed by atoms with Crippen LogP contribution >= 0.6 is 0 Å². The van der Waals surface area contributed by atoms with Gasteiger partial charge in [0, 0.05) is 36.6 Å². The monoisotopic (exact) mass is 526 g/mol. The third-order valence-electron chi connectivity index (χ3n) is 6.98. The maximum Gasteiger partial charge on any atom is 0.325 e. The molecule has 8 nitrogen and oxygen atoms in total. The van der Waals surface area contributed by atoms with Gasteiger partial charge in [0.2, 0.25) is 0 Å². The average Bonchev–Trinajstić information content (AvgIpc) is 3.36. The number of hydrogen-bond donors (Lipinski definition) is 2. The van der Waals surface area contributed by atoms with Gasteiger partial charge in [-0.25, -0.2) is 0 Å². The predicted octanol–water partition coefficient (Wildman–Crippen LogP) is 4.94. The van der Waals surface area contributed by atoms with Gasteiger partial charge in [-0.05, 0) is 75.0 Å². The quantitative estimate of drug-likeness (QED) is 0.296. The Kier molecular flexibility index (Phi) is 12.0. The van der Waals surface area contributed by atoms with Gasteiger partial charge in [-0.3, -0.25) is 19.5 Å². The molecule has 1 fully saturated rings. The molecule has 1 aromatic heterocycles. The van der Waals surface area contributed by atoms with Crippen molar-refractivity contribution in [3.63, 3.8) is 0 Å². The Morgan fingerprint density at radius 2 is 1.92 bits per heavy atom. The summed E-state index contributed by atoms with van der Waals surface area (Å²) in [5.41, 5.74) is 4.65. The number of hydrogen-bond acceptors (Lipinski definition) is 6. The number of nitrogens with zero attached hydrogens (tertiary/aromatic N) is 2. The number of aryl methyl sites for hydroxylation is 3. The highest BCUT2D eigenvalue weighted by Gasteiger charge is 2.35. The lowest BCUT2D eigenvalue weighted by Gasteiger charge is -2.26. The van der Waals surface area contributed by atoms with Crippen molar-refractivity contribution in [1.29, 1.82) is 0 Å². The van der Waals surface area contributed by atoms with Crippen molar-refractivity contribution < 1.29 is 29.3 Å². The van der Waals surface area contributed by atoms with Crippen LogP contribution in [0.25, 0.3) is 0 Å². The summed E-state index contributed by atoms with van der Waals surface area (Å²) < 4.78 is 12.1. The minimum atomic E-state index is -0.844. The fourth-order valence-corrected chi connectivity index (χ4v) is 5.13. The molecule has 2 heterocycles. The number of para-hydroxylation sites is 1. The van der Waals surface area contributed by atoms with Gasteiger partial charge in [0.15, 0.2) is 0 Å². The van der Waals surface area contributed by atoms with Crippen molar-refractivity contribution in [2.24, 2.45) is 5.92 Å². The number of likely N-dealkylation sites (tertiary alicyclic amines) is 1. The van der Waals surface area contributed by atoms with Gasteiger partial charge < -0.3 is 19.7 Å². The molecule has 0 radical (unpaired) electrons. The van der Waals surface area contributed by atoms with Crippen molar-refractivity contribution in [3.05, 3.63) is 58.9 Å². The molecule has 0 bridgehead atoms. The van der Waals surface area contributed by atoms with E-state index in [2.05, 4.69) is 26.0 Å². The first kappa shape index (κ1) is 29.6. The molecule has 208 valence electrons. The summed E-state index contributed by atoms with van der Waals surface area (Å²) in [6.07, 6.45) is 8.80. The second-order valence-electron chi connectivity index (χ2n) is 10.4. The number of ether oxygens (including phenoxy) is 2. The number of carbonyl (C=O) groups is 2. The van der Waals surface area contributed by atoms with Crippen LogP contribution in [0, 0.1) is 5.92 Å². The largest absolute Gasteiger partial charge is 0.493 e. The van der Waals surface area contributed by atoms with Crippen molar-refractivity contribution in [2.45, 2.75) is 77.4 Å². The first-order chi connectivity index (χ1) is 18.4. The highest BCUT2D eigenvalue weighted by atomic mass is 16.5. The molecule has 2 aromatic rings. The molecule has 2 N–H and O–H groups in total. The van der Waals surface area contributed by atoms with E-state index in [0.717, 1.165) is 37.7 Å². The minimum Gasteiger partial charge on any atom is -0.493 e. The standard InChI is InChI=1S/C29H40N2O4.CH2O2/c1-21(2)20-35-27-13-6-4-11-25(27)28(29(32)33)31-17-16-24(19-31)34-18-8-7-10-23-15-14-22-9-3-5-12-26(22)30-23;2-1-3/h4,6,11,13-15,21,24,28H,3,5,7-10,12,16-20H2,1-2H3,(H,32,33);1H,(H,2,3)/t24-,28?;/m1./s1. The Balaban J connectivity index is 0.00000127. The zero-order valence-corrected chi connectivity index (χ0v) is 22.7. The van der Waals surface area contributed by atoms with Crippen LogP contribution < -0.4 is 4.74 Å². The summed E-state index contributed by atoms with van der Waals surface area (Å²) in [4.78, 5) is 27.5. The Labute approximate surface area is 226 Å². The van der Waals surface area contributed by atoms with Crippen molar-refractivity contribution in [3.8, 4) is 5.75 Å². The molecule has 0 saturated carbocycles. The Morgan fingerprint density at radius 3 is 2.68 bits per heavy atom. The lowest BCUT2D eigenvalue weighted by atomic mass is 9.95. The van der Waals surface area contributed by atoms with Crippen molar-refractivity contribution >= 4 is 12.4 Å². The summed E-state index contributed by atoms with van der Waals surface area (Å²) in [5, 5.41) is 16.9. The lowest BCUT2D eigenvalue weighted by Crippen LogP contribution is -2.34. The maximum absolute atomic E-state index is 12.3. The molecule has 1 aliphatic heterocycles. The van der Waals surface area contributed by atoms with Gasteiger partial charge in [-0.1, -0.05) is 38.1 Å². The van der Waals surface area contributed by atoms with Gasteiger partial charge in [-0.15, -0.1) is 0 Å². The number of aliphatic carboxylic acids is 1. The Morgan fingerprint density at radius 1 is 1.16 bits per heavy atom. The van der Waals surface area contributed by atoms with Crippen molar-refractivity contribution in [1.82, 2.24) is 9.88 Å². The van der Waals surface area contributed by atoms with E-state index in [4.69, 9.17) is 24.4 Å². The van der Waals surface area contributed by atoms with E-state index < -0.39 is 12.0 Å². The molecule has 38 heavy (non-hydrogen) atoms. The zero-order valence-electron chi connectivity index (χ0n) is 22.7. The number of benzene rings is 1. The molecule has 2 atom stereocenters. The summed E-state index contributed by atoms with van der Waals surface area (Å²) in [6.45, 7) is 6.53. The highest BCUT2D eigenvalue weighted by Crippen LogP contribution is 2.33. The molecule has 1 aliphatic carbocycles. The van der Waals surface area contributed by atoms with Gasteiger partial charge in [-0.2, -0.15) is 0 Å². The van der Waals surface area contributed by atoms with Crippen LogP contribution in [0.2, 0.25) is 0 Å². The van der Waals surface area contributed by atoms with E-state index in [0.29, 0.717) is 38.0 Å². The average molecular weight is 527 g/mol. The number of carboxylic acid groups (broad SMARTS) is 2. The molecule has 1 unspecified atom stereocenters. The van der Waals surface area contributed by atoms with Crippen LogP contribution in [-0.2, 0) is 33.6 Å². The lowest BCUT2D eigenvalue weighted by molar-refractivity contribution is -0.143. The van der Waals surface area contributed by atoms with E-state index in [-0.39, 0.29) is 12.6 Å². The first-order valence-electron chi connectivity index (χ1n) is 13.8. The zero-order chi connectivity index (χ0) is 27.3. The second kappa shape index (κ2) is 15.4. The van der Waals surface area contributed by atoms with Gasteiger partial charge in [0.1, 0.15) is 11.8 Å². The van der Waals surface area contributed by atoms with Crippen LogP contribution in [0.15, 0.2) is 36.4 Å². The van der Waals surface area contributed by atoms with Gasteiger partial charge in [0.25, 0.3) is 6.47 Å². The number of carboxylic acids is 1. The summed E-state index contributed by atoms with van der Waals surface area (Å²) in [5.74, 6) is 0.191. The highest BCUT2D eigenvalue weighted by molar-refractivity contribution is 5.76. The fourth-order valence-electron chi connectivity index (χ4n) is 5.13. The Hall–Kier alpha value is -2.97. The van der Waals surface area contributed by atoms with Crippen LogP contribution in [0.5, 0.6) is 5.75 Å².